The van der Waals surface area contributed by atoms with E-state index in [1.54, 1.807) is 16.7 Å². The molecule has 0 unspecified atom stereocenters. The molecular formula is C12H11BrFNO. The first kappa shape index (κ1) is 11.3. The van der Waals surface area contributed by atoms with E-state index in [0.29, 0.717) is 11.0 Å². The number of hydrogen-bond donors (Lipinski definition) is 0. The third kappa shape index (κ3) is 1.67. The molecule has 0 bridgehead atoms. The van der Waals surface area contributed by atoms with Gasteiger partial charge in [-0.2, -0.15) is 0 Å². The van der Waals surface area contributed by atoms with Crippen molar-refractivity contribution in [1.29, 1.82) is 0 Å². The van der Waals surface area contributed by atoms with Crippen LogP contribution in [0.2, 0.25) is 0 Å². The van der Waals surface area contributed by atoms with Gasteiger partial charge in [0, 0.05) is 18.0 Å². The van der Waals surface area contributed by atoms with E-state index in [1.165, 1.54) is 6.07 Å². The third-order valence-corrected chi connectivity index (χ3v) is 3.28. The molecule has 0 N–H and O–H groups in total. The van der Waals surface area contributed by atoms with Crippen molar-refractivity contribution in [3.63, 3.8) is 0 Å². The molecule has 84 valence electrons. The fourth-order valence-electron chi connectivity index (χ4n) is 1.86. The first-order valence-corrected chi connectivity index (χ1v) is 5.83. The van der Waals surface area contributed by atoms with Crippen molar-refractivity contribution in [1.82, 2.24) is 4.57 Å². The molecule has 0 atom stereocenters. The number of aryl methyl sites for hydroxylation is 2. The molecule has 0 radical (unpaired) electrons. The normalized spacial score (nSPS) is 11.0. The van der Waals surface area contributed by atoms with E-state index in [4.69, 9.17) is 0 Å². The van der Waals surface area contributed by atoms with Crippen LogP contribution in [0.15, 0.2) is 27.5 Å². The monoisotopic (exact) mass is 283 g/mol. The Hall–Kier alpha value is -1.16. The van der Waals surface area contributed by atoms with E-state index >= 15 is 0 Å². The zero-order valence-corrected chi connectivity index (χ0v) is 10.6. The maximum atomic E-state index is 13.4. The van der Waals surface area contributed by atoms with Crippen LogP contribution in [0.5, 0.6) is 0 Å². The Labute approximate surface area is 101 Å². The van der Waals surface area contributed by atoms with Gasteiger partial charge in [-0.1, -0.05) is 0 Å². The van der Waals surface area contributed by atoms with Crippen molar-refractivity contribution in [2.45, 2.75) is 20.4 Å². The van der Waals surface area contributed by atoms with Crippen molar-refractivity contribution in [3.05, 3.63) is 44.4 Å². The highest BCUT2D eigenvalue weighted by atomic mass is 79.9. The number of fused-ring (bicyclic) bond motifs is 1. The second-order valence-electron chi connectivity index (χ2n) is 3.69. The number of pyridine rings is 1. The van der Waals surface area contributed by atoms with Gasteiger partial charge in [0.15, 0.2) is 0 Å². The van der Waals surface area contributed by atoms with Gasteiger partial charge in [0.2, 0.25) is 0 Å². The molecule has 1 aromatic heterocycles. The van der Waals surface area contributed by atoms with Gasteiger partial charge < -0.3 is 4.57 Å². The van der Waals surface area contributed by atoms with Crippen LogP contribution < -0.4 is 5.56 Å². The quantitative estimate of drug-likeness (QED) is 0.788. The van der Waals surface area contributed by atoms with Crippen LogP contribution in [0.3, 0.4) is 0 Å². The molecule has 1 heterocycles. The first-order chi connectivity index (χ1) is 7.54. The highest BCUT2D eigenvalue weighted by molar-refractivity contribution is 9.10. The maximum Gasteiger partial charge on any atom is 0.251 e. The minimum absolute atomic E-state index is 0.0500. The number of benzene rings is 1. The van der Waals surface area contributed by atoms with Crippen molar-refractivity contribution >= 4 is 26.8 Å². The second kappa shape index (κ2) is 4.01. The fourth-order valence-corrected chi connectivity index (χ4v) is 2.19. The molecule has 4 heteroatoms. The predicted octanol–water partition coefficient (Wildman–Crippen LogP) is 3.23. The Balaban J connectivity index is 3.00. The lowest BCUT2D eigenvalue weighted by Gasteiger charge is -2.10. The van der Waals surface area contributed by atoms with Crippen LogP contribution in [0.1, 0.15) is 12.5 Å². The van der Waals surface area contributed by atoms with Crippen LogP contribution in [0, 0.1) is 12.7 Å². The average molecular weight is 284 g/mol. The molecule has 0 aliphatic heterocycles. The first-order valence-electron chi connectivity index (χ1n) is 5.03. The van der Waals surface area contributed by atoms with Gasteiger partial charge in [0.05, 0.1) is 9.99 Å². The molecule has 2 nitrogen and oxygen atoms in total. The van der Waals surface area contributed by atoms with Crippen LogP contribution in [-0.4, -0.2) is 4.57 Å². The molecule has 0 amide bonds. The van der Waals surface area contributed by atoms with E-state index in [1.807, 2.05) is 13.8 Å². The maximum absolute atomic E-state index is 13.4. The van der Waals surface area contributed by atoms with Crippen molar-refractivity contribution in [2.75, 3.05) is 0 Å². The topological polar surface area (TPSA) is 22.0 Å². The lowest BCUT2D eigenvalue weighted by molar-refractivity contribution is 0.622. The van der Waals surface area contributed by atoms with Gasteiger partial charge in [-0.3, -0.25) is 4.79 Å². The molecule has 2 aromatic rings. The summed E-state index contributed by atoms with van der Waals surface area (Å²) >= 11 is 3.14. The van der Waals surface area contributed by atoms with Gasteiger partial charge in [-0.15, -0.1) is 0 Å². The minimum Gasteiger partial charge on any atom is -0.308 e. The molecule has 16 heavy (non-hydrogen) atoms. The Morgan fingerprint density at radius 1 is 1.38 bits per heavy atom. The second-order valence-corrected chi connectivity index (χ2v) is 4.55. The lowest BCUT2D eigenvalue weighted by Crippen LogP contribution is -2.19. The third-order valence-electron chi connectivity index (χ3n) is 2.68. The Kier molecular flexibility index (Phi) is 2.84. The number of aromatic nitrogens is 1. The summed E-state index contributed by atoms with van der Waals surface area (Å²) in [5.74, 6) is -0.308. The van der Waals surface area contributed by atoms with Crippen molar-refractivity contribution < 1.29 is 4.39 Å². The van der Waals surface area contributed by atoms with E-state index in [0.717, 1.165) is 16.5 Å². The molecule has 0 aliphatic carbocycles. The van der Waals surface area contributed by atoms with E-state index in [2.05, 4.69) is 15.9 Å². The summed E-state index contributed by atoms with van der Waals surface area (Å²) in [5.41, 5.74) is 1.52. The summed E-state index contributed by atoms with van der Waals surface area (Å²) in [4.78, 5) is 11.7. The molecule has 2 rings (SSSR count). The Morgan fingerprint density at radius 2 is 2.06 bits per heavy atom. The standard InChI is InChI=1S/C12H11BrFNO/c1-3-15-11-6-9(13)10(14)5-8(11)7(2)4-12(15)16/h4-6H,3H2,1-2H3. The Morgan fingerprint density at radius 3 is 2.69 bits per heavy atom. The highest BCUT2D eigenvalue weighted by Crippen LogP contribution is 2.24. The number of halogens is 2. The van der Waals surface area contributed by atoms with Gasteiger partial charge in [-0.05, 0) is 47.5 Å². The average Bonchev–Trinajstić information content (AvgIpc) is 2.22. The molecule has 0 saturated heterocycles. The Bertz CT molecular complexity index is 618. The lowest BCUT2D eigenvalue weighted by atomic mass is 10.1. The van der Waals surface area contributed by atoms with Gasteiger partial charge in [-0.25, -0.2) is 4.39 Å². The highest BCUT2D eigenvalue weighted by Gasteiger charge is 2.08. The smallest absolute Gasteiger partial charge is 0.251 e. The molecule has 0 fully saturated rings. The molecule has 0 spiro atoms. The number of nitrogens with zero attached hydrogens (tertiary/aromatic N) is 1. The van der Waals surface area contributed by atoms with Crippen molar-refractivity contribution in [3.8, 4) is 0 Å². The fraction of sp³-hybridized carbons (Fsp3) is 0.250. The summed E-state index contributed by atoms with van der Waals surface area (Å²) in [5, 5.41) is 0.780. The predicted molar refractivity (Wildman–Crippen MR) is 66.3 cm³/mol. The van der Waals surface area contributed by atoms with Crippen LogP contribution in [0.25, 0.3) is 10.9 Å². The van der Waals surface area contributed by atoms with Gasteiger partial charge in [0.25, 0.3) is 5.56 Å². The summed E-state index contributed by atoms with van der Waals surface area (Å²) in [6, 6.07) is 4.65. The van der Waals surface area contributed by atoms with E-state index in [-0.39, 0.29) is 11.4 Å². The van der Waals surface area contributed by atoms with Gasteiger partial charge >= 0.3 is 0 Å². The van der Waals surface area contributed by atoms with E-state index < -0.39 is 0 Å². The van der Waals surface area contributed by atoms with Crippen LogP contribution in [0.4, 0.5) is 4.39 Å². The van der Waals surface area contributed by atoms with Crippen molar-refractivity contribution in [2.24, 2.45) is 0 Å². The number of hydrogen-bond acceptors (Lipinski definition) is 1. The zero-order valence-electron chi connectivity index (χ0n) is 9.05. The summed E-state index contributed by atoms with van der Waals surface area (Å²) < 4.78 is 15.4. The van der Waals surface area contributed by atoms with Crippen LogP contribution in [-0.2, 0) is 6.54 Å². The molecule has 0 saturated carbocycles. The molecule has 1 aromatic carbocycles. The summed E-state index contributed by atoms with van der Waals surface area (Å²) in [6.45, 7) is 4.29. The summed E-state index contributed by atoms with van der Waals surface area (Å²) in [7, 11) is 0. The van der Waals surface area contributed by atoms with Crippen LogP contribution >= 0.6 is 15.9 Å². The molecular weight excluding hydrogens is 273 g/mol. The number of rotatable bonds is 1. The van der Waals surface area contributed by atoms with Gasteiger partial charge in [0.1, 0.15) is 5.82 Å². The largest absolute Gasteiger partial charge is 0.308 e. The SMILES string of the molecule is CCn1c(=O)cc(C)c2cc(F)c(Br)cc21. The van der Waals surface area contributed by atoms with E-state index in [9.17, 15) is 9.18 Å². The molecule has 0 aliphatic rings. The summed E-state index contributed by atoms with van der Waals surface area (Å²) in [6.07, 6.45) is 0. The minimum atomic E-state index is -0.308. The zero-order chi connectivity index (χ0) is 11.9.